The van der Waals surface area contributed by atoms with Crippen LogP contribution in [-0.4, -0.2) is 12.6 Å². The fourth-order valence-electron chi connectivity index (χ4n) is 2.03. The van der Waals surface area contributed by atoms with Crippen LogP contribution in [0.4, 0.5) is 0 Å². The van der Waals surface area contributed by atoms with E-state index in [-0.39, 0.29) is 5.92 Å². The van der Waals surface area contributed by atoms with Crippen LogP contribution in [0.25, 0.3) is 0 Å². The van der Waals surface area contributed by atoms with Gasteiger partial charge in [-0.25, -0.2) is 0 Å². The van der Waals surface area contributed by atoms with Crippen molar-refractivity contribution in [3.05, 3.63) is 0 Å². The molecule has 2 atom stereocenters. The zero-order valence-corrected chi connectivity index (χ0v) is 8.71. The average Bonchev–Trinajstić information content (AvgIpc) is 2.66. The summed E-state index contributed by atoms with van der Waals surface area (Å²) < 4.78 is 0. The molecule has 0 spiro atoms. The lowest BCUT2D eigenvalue weighted by molar-refractivity contribution is 0.372. The highest BCUT2D eigenvalue weighted by Gasteiger charge is 2.21. The van der Waals surface area contributed by atoms with E-state index in [9.17, 15) is 0 Å². The van der Waals surface area contributed by atoms with Crippen molar-refractivity contribution in [3.63, 3.8) is 0 Å². The molecule has 2 heteroatoms. The van der Waals surface area contributed by atoms with Crippen LogP contribution < -0.4 is 5.32 Å². The maximum atomic E-state index is 8.62. The van der Waals surface area contributed by atoms with Gasteiger partial charge in [0.1, 0.15) is 0 Å². The second-order valence-electron chi connectivity index (χ2n) is 4.27. The number of nitrogens with zero attached hydrogens (tertiary/aromatic N) is 1. The molecule has 1 N–H and O–H groups in total. The quantitative estimate of drug-likeness (QED) is 0.720. The van der Waals surface area contributed by atoms with Crippen LogP contribution in [0.15, 0.2) is 0 Å². The minimum atomic E-state index is 0.142. The van der Waals surface area contributed by atoms with Gasteiger partial charge >= 0.3 is 0 Å². The molecule has 1 saturated carbocycles. The summed E-state index contributed by atoms with van der Waals surface area (Å²) in [5.41, 5.74) is 0. The van der Waals surface area contributed by atoms with Crippen molar-refractivity contribution in [1.82, 2.24) is 5.32 Å². The van der Waals surface area contributed by atoms with Crippen molar-refractivity contribution in [3.8, 4) is 6.07 Å². The molecule has 1 fully saturated rings. The van der Waals surface area contributed by atoms with Gasteiger partial charge in [-0.2, -0.15) is 5.26 Å². The van der Waals surface area contributed by atoms with Crippen LogP contribution in [0, 0.1) is 23.2 Å². The average molecular weight is 180 g/mol. The summed E-state index contributed by atoms with van der Waals surface area (Å²) >= 11 is 0. The highest BCUT2D eigenvalue weighted by Crippen LogP contribution is 2.27. The first-order valence-corrected chi connectivity index (χ1v) is 5.37. The van der Waals surface area contributed by atoms with Gasteiger partial charge in [-0.05, 0) is 32.6 Å². The summed E-state index contributed by atoms with van der Waals surface area (Å²) in [6, 6.07) is 2.84. The molecule has 0 aromatic heterocycles. The fourth-order valence-corrected chi connectivity index (χ4v) is 2.03. The smallest absolute Gasteiger partial charge is 0.0666 e. The number of hydrogen-bond donors (Lipinski definition) is 1. The Morgan fingerprint density at radius 1 is 1.38 bits per heavy atom. The zero-order valence-electron chi connectivity index (χ0n) is 8.71. The minimum absolute atomic E-state index is 0.142. The van der Waals surface area contributed by atoms with Crippen LogP contribution in [0.2, 0.25) is 0 Å². The summed E-state index contributed by atoms with van der Waals surface area (Å²) in [5.74, 6) is 0.995. The molecule has 0 saturated heterocycles. The molecule has 0 aromatic rings. The van der Waals surface area contributed by atoms with Crippen molar-refractivity contribution in [2.75, 3.05) is 6.54 Å². The van der Waals surface area contributed by atoms with Gasteiger partial charge in [0, 0.05) is 12.6 Å². The topological polar surface area (TPSA) is 35.8 Å². The maximum absolute atomic E-state index is 8.62. The van der Waals surface area contributed by atoms with Crippen LogP contribution in [0.3, 0.4) is 0 Å². The highest BCUT2D eigenvalue weighted by atomic mass is 14.9. The molecule has 0 radical (unpaired) electrons. The van der Waals surface area contributed by atoms with Crippen LogP contribution >= 0.6 is 0 Å². The van der Waals surface area contributed by atoms with Crippen LogP contribution in [-0.2, 0) is 0 Å². The summed E-state index contributed by atoms with van der Waals surface area (Å²) in [7, 11) is 0. The molecule has 1 unspecified atom stereocenters. The van der Waals surface area contributed by atoms with Crippen molar-refractivity contribution >= 4 is 0 Å². The molecule has 0 amide bonds. The van der Waals surface area contributed by atoms with E-state index in [0.717, 1.165) is 12.5 Å². The Bertz CT molecular complexity index is 177. The van der Waals surface area contributed by atoms with Crippen molar-refractivity contribution in [2.24, 2.45) is 11.8 Å². The molecule has 1 aliphatic carbocycles. The van der Waals surface area contributed by atoms with Crippen LogP contribution in [0.1, 0.15) is 39.5 Å². The molecule has 0 heterocycles. The normalized spacial score (nSPS) is 22.5. The fraction of sp³-hybridized carbons (Fsp3) is 0.909. The SMILES string of the molecule is CC(C#N)CN[C@H](C)C1CCCC1. The largest absolute Gasteiger partial charge is 0.313 e. The van der Waals surface area contributed by atoms with E-state index in [0.29, 0.717) is 6.04 Å². The summed E-state index contributed by atoms with van der Waals surface area (Å²) in [6.07, 6.45) is 5.53. The third-order valence-electron chi connectivity index (χ3n) is 3.07. The van der Waals surface area contributed by atoms with E-state index in [1.807, 2.05) is 6.92 Å². The Morgan fingerprint density at radius 2 is 2.00 bits per heavy atom. The van der Waals surface area contributed by atoms with Crippen LogP contribution in [0.5, 0.6) is 0 Å². The first-order valence-electron chi connectivity index (χ1n) is 5.37. The van der Waals surface area contributed by atoms with E-state index >= 15 is 0 Å². The Balaban J connectivity index is 2.17. The van der Waals surface area contributed by atoms with Crippen molar-refractivity contribution in [2.45, 2.75) is 45.6 Å². The predicted octanol–water partition coefficient (Wildman–Crippen LogP) is 2.31. The number of nitriles is 1. The highest BCUT2D eigenvalue weighted by molar-refractivity contribution is 4.83. The van der Waals surface area contributed by atoms with Crippen molar-refractivity contribution < 1.29 is 0 Å². The standard InChI is InChI=1S/C11H20N2/c1-9(7-12)8-13-10(2)11-5-3-4-6-11/h9-11,13H,3-6,8H2,1-2H3/t9?,10-/m1/s1. The summed E-state index contributed by atoms with van der Waals surface area (Å²) in [4.78, 5) is 0. The van der Waals surface area contributed by atoms with Gasteiger partial charge in [-0.3, -0.25) is 0 Å². The summed E-state index contributed by atoms with van der Waals surface area (Å²) in [5, 5.41) is 12.1. The van der Waals surface area contributed by atoms with Gasteiger partial charge in [-0.15, -0.1) is 0 Å². The molecule has 0 bridgehead atoms. The van der Waals surface area contributed by atoms with E-state index < -0.39 is 0 Å². The minimum Gasteiger partial charge on any atom is -0.313 e. The lowest BCUT2D eigenvalue weighted by Gasteiger charge is -2.20. The Labute approximate surface area is 81.3 Å². The zero-order chi connectivity index (χ0) is 9.68. The predicted molar refractivity (Wildman–Crippen MR) is 54.2 cm³/mol. The monoisotopic (exact) mass is 180 g/mol. The van der Waals surface area contributed by atoms with E-state index in [2.05, 4.69) is 18.3 Å². The Hall–Kier alpha value is -0.550. The molecule has 0 aliphatic heterocycles. The second kappa shape index (κ2) is 5.24. The van der Waals surface area contributed by atoms with E-state index in [1.54, 1.807) is 0 Å². The molecule has 1 rings (SSSR count). The molecular formula is C11H20N2. The Morgan fingerprint density at radius 3 is 2.54 bits per heavy atom. The van der Waals surface area contributed by atoms with Gasteiger partial charge in [-0.1, -0.05) is 12.8 Å². The number of nitrogens with one attached hydrogen (secondary N) is 1. The van der Waals surface area contributed by atoms with Gasteiger partial charge in [0.05, 0.1) is 12.0 Å². The molecule has 1 aliphatic rings. The van der Waals surface area contributed by atoms with Gasteiger partial charge < -0.3 is 5.32 Å². The summed E-state index contributed by atoms with van der Waals surface area (Å²) in [6.45, 7) is 5.06. The van der Waals surface area contributed by atoms with Gasteiger partial charge in [0.25, 0.3) is 0 Å². The molecule has 0 aromatic carbocycles. The number of rotatable bonds is 4. The van der Waals surface area contributed by atoms with Gasteiger partial charge in [0.2, 0.25) is 0 Å². The first-order chi connectivity index (χ1) is 6.24. The Kier molecular flexibility index (Phi) is 4.24. The van der Waals surface area contributed by atoms with Crippen molar-refractivity contribution in [1.29, 1.82) is 5.26 Å². The third kappa shape index (κ3) is 3.36. The number of hydrogen-bond acceptors (Lipinski definition) is 2. The van der Waals surface area contributed by atoms with E-state index in [4.69, 9.17) is 5.26 Å². The van der Waals surface area contributed by atoms with E-state index in [1.165, 1.54) is 25.7 Å². The first kappa shape index (κ1) is 10.5. The van der Waals surface area contributed by atoms with Gasteiger partial charge in [0.15, 0.2) is 0 Å². The molecule has 2 nitrogen and oxygen atoms in total. The molecular weight excluding hydrogens is 160 g/mol. The lowest BCUT2D eigenvalue weighted by Crippen LogP contribution is -2.35. The third-order valence-corrected chi connectivity index (χ3v) is 3.07. The second-order valence-corrected chi connectivity index (χ2v) is 4.27. The maximum Gasteiger partial charge on any atom is 0.0666 e. The molecule has 13 heavy (non-hydrogen) atoms. The molecule has 74 valence electrons. The lowest BCUT2D eigenvalue weighted by atomic mass is 9.99.